The predicted octanol–water partition coefficient (Wildman–Crippen LogP) is 17.6. The summed E-state index contributed by atoms with van der Waals surface area (Å²) in [7, 11) is -4.75. The number of ether oxygens (including phenoxy) is 3. The Hall–Kier alpha value is -2.30. The highest BCUT2D eigenvalue weighted by Crippen LogP contribution is 2.43. The van der Waals surface area contributed by atoms with E-state index in [1.807, 2.05) is 0 Å². The van der Waals surface area contributed by atoms with Crippen molar-refractivity contribution in [2.45, 2.75) is 303 Å². The van der Waals surface area contributed by atoms with Crippen molar-refractivity contribution in [3.05, 3.63) is 36.5 Å². The van der Waals surface area contributed by atoms with Crippen LogP contribution in [0.25, 0.3) is 0 Å². The van der Waals surface area contributed by atoms with Crippen LogP contribution in [0.2, 0.25) is 0 Å². The first-order chi connectivity index (χ1) is 35.2. The van der Waals surface area contributed by atoms with Crippen molar-refractivity contribution in [3.63, 3.8) is 0 Å². The van der Waals surface area contributed by atoms with Crippen LogP contribution < -0.4 is 0 Å². The number of allylic oxidation sites excluding steroid dienone is 6. The molecule has 0 saturated heterocycles. The molecule has 0 spiro atoms. The molecular weight excluding hydrogens is 928 g/mol. The average molecular weight is 1040 g/mol. The summed E-state index contributed by atoms with van der Waals surface area (Å²) in [6.45, 7) is 4.61. The minimum Gasteiger partial charge on any atom is -0.462 e. The topological polar surface area (TPSA) is 155 Å². The molecule has 0 amide bonds. The SMILES string of the molecule is CCCC/C=C\CCCCCCCC(=O)OC(CO)COP(=O)(O)OCC(COC(=O)CCCCCCCCCCC/C=C\CCCCCCCC)OC(=O)CCCCCCC/C=C\CCCCCCCC. The molecule has 0 saturated carbocycles. The van der Waals surface area contributed by atoms with Crippen LogP contribution in [0, 0.1) is 0 Å². The molecule has 3 atom stereocenters. The number of phosphoric ester groups is 1. The van der Waals surface area contributed by atoms with Crippen LogP contribution in [0.1, 0.15) is 290 Å². The number of aliphatic hydroxyl groups excluding tert-OH is 1. The second-order valence-electron chi connectivity index (χ2n) is 20.2. The fraction of sp³-hybridized carbons (Fsp3) is 0.850. The summed E-state index contributed by atoms with van der Waals surface area (Å²) in [4.78, 5) is 48.5. The molecule has 0 fully saturated rings. The fourth-order valence-electron chi connectivity index (χ4n) is 8.39. The van der Waals surface area contributed by atoms with Crippen molar-refractivity contribution < 1.29 is 52.2 Å². The molecule has 11 nitrogen and oxygen atoms in total. The van der Waals surface area contributed by atoms with Crippen molar-refractivity contribution in [1.82, 2.24) is 0 Å². The van der Waals surface area contributed by atoms with Gasteiger partial charge in [0.05, 0.1) is 19.8 Å². The second kappa shape index (κ2) is 54.9. The number of aliphatic hydroxyl groups is 1. The molecule has 12 heteroatoms. The van der Waals surface area contributed by atoms with Gasteiger partial charge in [0.1, 0.15) is 12.7 Å². The first kappa shape index (κ1) is 69.7. The monoisotopic (exact) mass is 1040 g/mol. The van der Waals surface area contributed by atoms with Gasteiger partial charge in [-0.2, -0.15) is 0 Å². The van der Waals surface area contributed by atoms with Crippen LogP contribution in [-0.4, -0.2) is 66.5 Å². The lowest BCUT2D eigenvalue weighted by Gasteiger charge is -2.21. The molecule has 0 bridgehead atoms. The van der Waals surface area contributed by atoms with E-state index in [1.165, 1.54) is 135 Å². The van der Waals surface area contributed by atoms with Gasteiger partial charge in [-0.05, 0) is 89.9 Å². The van der Waals surface area contributed by atoms with E-state index in [-0.39, 0.29) is 25.9 Å². The third kappa shape index (κ3) is 52.6. The lowest BCUT2D eigenvalue weighted by molar-refractivity contribution is -0.161. The predicted molar refractivity (Wildman–Crippen MR) is 298 cm³/mol. The highest BCUT2D eigenvalue weighted by atomic mass is 31.2. The van der Waals surface area contributed by atoms with Gasteiger partial charge >= 0.3 is 25.7 Å². The largest absolute Gasteiger partial charge is 0.472 e. The van der Waals surface area contributed by atoms with Crippen molar-refractivity contribution in [2.24, 2.45) is 0 Å². The lowest BCUT2D eigenvalue weighted by atomic mass is 10.1. The summed E-state index contributed by atoms with van der Waals surface area (Å²) in [5.41, 5.74) is 0. The van der Waals surface area contributed by atoms with Gasteiger partial charge in [0.25, 0.3) is 0 Å². The van der Waals surface area contributed by atoms with Crippen LogP contribution in [0.5, 0.6) is 0 Å². The number of carbonyl (C=O) groups is 3. The van der Waals surface area contributed by atoms with Gasteiger partial charge < -0.3 is 24.2 Å². The third-order valence-corrected chi connectivity index (χ3v) is 14.0. The molecule has 0 aromatic carbocycles. The summed E-state index contributed by atoms with van der Waals surface area (Å²) in [6.07, 6.45) is 56.8. The second-order valence-corrected chi connectivity index (χ2v) is 21.6. The molecule has 422 valence electrons. The van der Waals surface area contributed by atoms with E-state index in [0.29, 0.717) is 19.3 Å². The first-order valence-electron chi connectivity index (χ1n) is 29.9. The van der Waals surface area contributed by atoms with Crippen molar-refractivity contribution >= 4 is 25.7 Å². The molecule has 0 aromatic rings. The molecule has 2 N–H and O–H groups in total. The third-order valence-electron chi connectivity index (χ3n) is 13.0. The van der Waals surface area contributed by atoms with Gasteiger partial charge in [-0.25, -0.2) is 4.57 Å². The van der Waals surface area contributed by atoms with Gasteiger partial charge in [-0.1, -0.05) is 218 Å². The van der Waals surface area contributed by atoms with E-state index in [0.717, 1.165) is 96.3 Å². The molecule has 72 heavy (non-hydrogen) atoms. The molecular formula is C60H111O11P. The average Bonchev–Trinajstić information content (AvgIpc) is 3.37. The zero-order chi connectivity index (χ0) is 52.7. The molecule has 0 aliphatic heterocycles. The van der Waals surface area contributed by atoms with Crippen LogP contribution in [0.3, 0.4) is 0 Å². The standard InChI is InChI=1S/C60H111O11P/c1-4-7-10-13-16-19-22-24-26-27-28-29-31-32-35-37-40-43-46-49-58(62)67-53-57(71-60(64)51-48-45-42-39-36-33-30-25-23-20-17-14-11-8-5-2)55-69-72(65,66)68-54-56(52-61)70-59(63)50-47-44-41-38-34-21-18-15-12-9-6-3/h15,18,24-26,30,56-57,61H,4-14,16-17,19-23,27-29,31-55H2,1-3H3,(H,65,66)/b18-15-,26-24-,30-25-. The Morgan fingerprint density at radius 2 is 0.653 bits per heavy atom. The Morgan fingerprint density at radius 3 is 1.00 bits per heavy atom. The lowest BCUT2D eigenvalue weighted by Crippen LogP contribution is -2.30. The Morgan fingerprint density at radius 1 is 0.375 bits per heavy atom. The van der Waals surface area contributed by atoms with E-state index < -0.39 is 57.8 Å². The van der Waals surface area contributed by atoms with E-state index in [4.69, 9.17) is 23.3 Å². The minimum atomic E-state index is -4.75. The number of hydrogen-bond donors (Lipinski definition) is 2. The van der Waals surface area contributed by atoms with Gasteiger partial charge in [0.15, 0.2) is 6.10 Å². The number of hydrogen-bond acceptors (Lipinski definition) is 10. The quantitative estimate of drug-likeness (QED) is 0.0197. The summed E-state index contributed by atoms with van der Waals surface area (Å²) in [5, 5.41) is 9.79. The van der Waals surface area contributed by atoms with E-state index in [9.17, 15) is 28.9 Å². The zero-order valence-corrected chi connectivity index (χ0v) is 47.6. The minimum absolute atomic E-state index is 0.160. The summed E-state index contributed by atoms with van der Waals surface area (Å²) >= 11 is 0. The van der Waals surface area contributed by atoms with E-state index in [2.05, 4.69) is 57.2 Å². The number of unbranched alkanes of at least 4 members (excludes halogenated alkanes) is 33. The molecule has 0 radical (unpaired) electrons. The van der Waals surface area contributed by atoms with Gasteiger partial charge in [-0.15, -0.1) is 0 Å². The number of carbonyl (C=O) groups excluding carboxylic acids is 3. The maximum absolute atomic E-state index is 12.9. The molecule has 0 aliphatic carbocycles. The van der Waals surface area contributed by atoms with Gasteiger partial charge in [0.2, 0.25) is 0 Å². The Labute approximate surface area is 441 Å². The number of rotatable bonds is 56. The van der Waals surface area contributed by atoms with E-state index in [1.54, 1.807) is 0 Å². The fourth-order valence-corrected chi connectivity index (χ4v) is 9.17. The van der Waals surface area contributed by atoms with Crippen molar-refractivity contribution in [1.29, 1.82) is 0 Å². The van der Waals surface area contributed by atoms with Crippen LogP contribution in [0.4, 0.5) is 0 Å². The van der Waals surface area contributed by atoms with Crippen LogP contribution in [0.15, 0.2) is 36.5 Å². The molecule has 0 aliphatic rings. The Kier molecular flexibility index (Phi) is 53.2. The molecule has 0 rings (SSSR count). The van der Waals surface area contributed by atoms with Crippen molar-refractivity contribution in [3.8, 4) is 0 Å². The number of esters is 3. The normalized spacial score (nSPS) is 13.6. The maximum atomic E-state index is 12.9. The van der Waals surface area contributed by atoms with Crippen LogP contribution >= 0.6 is 7.82 Å². The summed E-state index contributed by atoms with van der Waals surface area (Å²) in [5.74, 6) is -1.47. The highest BCUT2D eigenvalue weighted by molar-refractivity contribution is 7.47. The summed E-state index contributed by atoms with van der Waals surface area (Å²) < 4.78 is 39.5. The molecule has 3 unspecified atom stereocenters. The van der Waals surface area contributed by atoms with Gasteiger partial charge in [0, 0.05) is 19.3 Å². The Bertz CT molecular complexity index is 1350. The first-order valence-corrected chi connectivity index (χ1v) is 31.4. The maximum Gasteiger partial charge on any atom is 0.472 e. The van der Waals surface area contributed by atoms with Crippen LogP contribution in [-0.2, 0) is 42.2 Å². The number of phosphoric acid groups is 1. The highest BCUT2D eigenvalue weighted by Gasteiger charge is 2.28. The smallest absolute Gasteiger partial charge is 0.462 e. The van der Waals surface area contributed by atoms with Crippen molar-refractivity contribution in [2.75, 3.05) is 26.4 Å². The van der Waals surface area contributed by atoms with E-state index >= 15 is 0 Å². The summed E-state index contributed by atoms with van der Waals surface area (Å²) in [6, 6.07) is 0. The van der Waals surface area contributed by atoms with Gasteiger partial charge in [-0.3, -0.25) is 23.4 Å². The molecule has 0 aromatic heterocycles. The zero-order valence-electron chi connectivity index (χ0n) is 46.7. The molecule has 0 heterocycles. The Balaban J connectivity index is 4.69.